The van der Waals surface area contributed by atoms with Crippen LogP contribution in [-0.4, -0.2) is 5.78 Å². The molecule has 0 radical (unpaired) electrons. The summed E-state index contributed by atoms with van der Waals surface area (Å²) in [5, 5.41) is 1.18. The fraction of sp³-hybridized carbons (Fsp3) is 0.533. The van der Waals surface area contributed by atoms with Gasteiger partial charge in [0.25, 0.3) is 0 Å². The first-order valence-corrected chi connectivity index (χ1v) is 6.90. The molecule has 0 amide bonds. The highest BCUT2D eigenvalue weighted by molar-refractivity contribution is 6.35. The van der Waals surface area contributed by atoms with Gasteiger partial charge < -0.3 is 0 Å². The van der Waals surface area contributed by atoms with Crippen molar-refractivity contribution in [1.29, 1.82) is 0 Å². The molecule has 2 rings (SSSR count). The van der Waals surface area contributed by atoms with Gasteiger partial charge in [0, 0.05) is 22.4 Å². The molecule has 0 aliphatic heterocycles. The first-order valence-electron chi connectivity index (χ1n) is 6.14. The Morgan fingerprint density at radius 2 is 1.72 bits per heavy atom. The van der Waals surface area contributed by atoms with Crippen molar-refractivity contribution in [3.05, 3.63) is 33.8 Å². The zero-order valence-corrected chi connectivity index (χ0v) is 12.7. The van der Waals surface area contributed by atoms with Gasteiger partial charge in [-0.1, -0.05) is 57.0 Å². The van der Waals surface area contributed by atoms with E-state index in [0.29, 0.717) is 16.5 Å². The third-order valence-electron chi connectivity index (χ3n) is 4.72. The van der Waals surface area contributed by atoms with Gasteiger partial charge in [-0.05, 0) is 28.5 Å². The Morgan fingerprint density at radius 1 is 1.17 bits per heavy atom. The number of hydrogen-bond donors (Lipinski definition) is 0. The minimum atomic E-state index is 0.0863. The summed E-state index contributed by atoms with van der Waals surface area (Å²) >= 11 is 12.0. The molecule has 98 valence electrons. The Hall–Kier alpha value is -0.530. The summed E-state index contributed by atoms with van der Waals surface area (Å²) in [5.74, 6) is 0.394. The van der Waals surface area contributed by atoms with Gasteiger partial charge in [0.15, 0.2) is 0 Å². The van der Waals surface area contributed by atoms with Gasteiger partial charge in [-0.2, -0.15) is 0 Å². The summed E-state index contributed by atoms with van der Waals surface area (Å²) in [6.45, 7) is 8.61. The first kappa shape index (κ1) is 13.9. The smallest absolute Gasteiger partial charge is 0.141 e. The molecule has 0 N–H and O–H groups in total. The van der Waals surface area contributed by atoms with Crippen molar-refractivity contribution in [3.63, 3.8) is 0 Å². The van der Waals surface area contributed by atoms with Crippen LogP contribution in [-0.2, 0) is 11.2 Å². The molecule has 0 heterocycles. The van der Waals surface area contributed by atoms with Gasteiger partial charge in [0.1, 0.15) is 5.78 Å². The minimum Gasteiger partial charge on any atom is -0.299 e. The molecule has 1 aromatic rings. The van der Waals surface area contributed by atoms with Crippen molar-refractivity contribution < 1.29 is 4.79 Å². The molecule has 1 aliphatic carbocycles. The van der Waals surface area contributed by atoms with Crippen molar-refractivity contribution in [2.45, 2.75) is 34.1 Å². The van der Waals surface area contributed by atoms with Crippen LogP contribution in [0.3, 0.4) is 0 Å². The van der Waals surface area contributed by atoms with Gasteiger partial charge in [0.05, 0.1) is 0 Å². The van der Waals surface area contributed by atoms with Gasteiger partial charge in [0.2, 0.25) is 0 Å². The molecule has 1 nitrogen and oxygen atoms in total. The molecule has 1 fully saturated rings. The lowest BCUT2D eigenvalue weighted by atomic mass is 10.0. The van der Waals surface area contributed by atoms with E-state index in [-0.39, 0.29) is 22.5 Å². The second kappa shape index (κ2) is 4.25. The van der Waals surface area contributed by atoms with Gasteiger partial charge in [-0.25, -0.2) is 0 Å². The molecule has 0 bridgehead atoms. The maximum absolute atomic E-state index is 12.4. The summed E-state index contributed by atoms with van der Waals surface area (Å²) in [6.07, 6.45) is 0.396. The fourth-order valence-electron chi connectivity index (χ4n) is 2.96. The van der Waals surface area contributed by atoms with E-state index >= 15 is 0 Å². The van der Waals surface area contributed by atoms with E-state index in [9.17, 15) is 4.79 Å². The van der Waals surface area contributed by atoms with Gasteiger partial charge >= 0.3 is 0 Å². The van der Waals surface area contributed by atoms with E-state index in [0.717, 1.165) is 5.56 Å². The van der Waals surface area contributed by atoms with Crippen molar-refractivity contribution >= 4 is 29.0 Å². The topological polar surface area (TPSA) is 17.1 Å². The zero-order chi connectivity index (χ0) is 13.7. The van der Waals surface area contributed by atoms with Crippen LogP contribution < -0.4 is 0 Å². The van der Waals surface area contributed by atoms with Crippen molar-refractivity contribution in [3.8, 4) is 0 Å². The third kappa shape index (κ3) is 2.08. The maximum Gasteiger partial charge on any atom is 0.141 e. The number of benzene rings is 1. The highest BCUT2D eigenvalue weighted by Crippen LogP contribution is 2.68. The normalized spacial score (nSPS) is 20.8. The van der Waals surface area contributed by atoms with Gasteiger partial charge in [-0.15, -0.1) is 0 Å². The number of carbonyl (C=O) groups is 1. The number of rotatable bonds is 3. The molecule has 0 spiro atoms. The van der Waals surface area contributed by atoms with E-state index in [1.165, 1.54) is 0 Å². The standard InChI is InChI=1S/C15H18Cl2O/c1-14(2)13(15(14,3)4)12(18)7-9-5-6-10(16)8-11(9)17/h5-6,8,13H,7H2,1-4H3. The van der Waals surface area contributed by atoms with Crippen molar-refractivity contribution in [2.75, 3.05) is 0 Å². The summed E-state index contributed by atoms with van der Waals surface area (Å²) in [5.41, 5.74) is 1.04. The number of ketones is 1. The monoisotopic (exact) mass is 284 g/mol. The van der Waals surface area contributed by atoms with Crippen LogP contribution in [0.5, 0.6) is 0 Å². The molecule has 1 aliphatic rings. The molecule has 18 heavy (non-hydrogen) atoms. The second-order valence-electron chi connectivity index (χ2n) is 6.26. The molecule has 1 saturated carbocycles. The fourth-order valence-corrected chi connectivity index (χ4v) is 3.43. The Bertz CT molecular complexity index is 489. The predicted molar refractivity (Wildman–Crippen MR) is 76.2 cm³/mol. The molecule has 0 saturated heterocycles. The maximum atomic E-state index is 12.4. The molecule has 3 heteroatoms. The number of halogens is 2. The van der Waals surface area contributed by atoms with E-state index in [4.69, 9.17) is 23.2 Å². The van der Waals surface area contributed by atoms with Crippen LogP contribution in [0.1, 0.15) is 33.3 Å². The van der Waals surface area contributed by atoms with E-state index in [1.807, 2.05) is 6.07 Å². The lowest BCUT2D eigenvalue weighted by Crippen LogP contribution is -2.10. The summed E-state index contributed by atoms with van der Waals surface area (Å²) in [7, 11) is 0. The van der Waals surface area contributed by atoms with Gasteiger partial charge in [-0.3, -0.25) is 4.79 Å². The molecule has 0 unspecified atom stereocenters. The molecule has 0 atom stereocenters. The third-order valence-corrected chi connectivity index (χ3v) is 5.31. The largest absolute Gasteiger partial charge is 0.299 e. The van der Waals surface area contributed by atoms with E-state index in [1.54, 1.807) is 12.1 Å². The molecular formula is C15H18Cl2O. The molecule has 0 aromatic heterocycles. The van der Waals surface area contributed by atoms with E-state index in [2.05, 4.69) is 27.7 Å². The Balaban J connectivity index is 2.14. The summed E-state index contributed by atoms with van der Waals surface area (Å²) in [6, 6.07) is 5.30. The highest BCUT2D eigenvalue weighted by atomic mass is 35.5. The summed E-state index contributed by atoms with van der Waals surface area (Å²) in [4.78, 5) is 12.4. The average molecular weight is 285 g/mol. The Labute approximate surface area is 118 Å². The Kier molecular flexibility index (Phi) is 3.28. The second-order valence-corrected chi connectivity index (χ2v) is 7.10. The first-order chi connectivity index (χ1) is 8.18. The quantitative estimate of drug-likeness (QED) is 0.780. The van der Waals surface area contributed by atoms with Crippen LogP contribution in [0.4, 0.5) is 0 Å². The Morgan fingerprint density at radius 3 is 2.17 bits per heavy atom. The lowest BCUT2D eigenvalue weighted by Gasteiger charge is -2.05. The number of hydrogen-bond acceptors (Lipinski definition) is 1. The number of Topliss-reactive ketones (excluding diaryl/α,β-unsaturated/α-hetero) is 1. The highest BCUT2D eigenvalue weighted by Gasteiger charge is 2.67. The van der Waals surface area contributed by atoms with Crippen LogP contribution in [0.25, 0.3) is 0 Å². The predicted octanol–water partition coefficient (Wildman–Crippen LogP) is 4.79. The van der Waals surface area contributed by atoms with Crippen LogP contribution in [0, 0.1) is 16.7 Å². The van der Waals surface area contributed by atoms with Crippen LogP contribution >= 0.6 is 23.2 Å². The van der Waals surface area contributed by atoms with Crippen molar-refractivity contribution in [1.82, 2.24) is 0 Å². The van der Waals surface area contributed by atoms with E-state index < -0.39 is 0 Å². The zero-order valence-electron chi connectivity index (χ0n) is 11.2. The molecule has 1 aromatic carbocycles. The SMILES string of the molecule is CC1(C)C(C(=O)Cc2ccc(Cl)cc2Cl)C1(C)C. The average Bonchev–Trinajstić information content (AvgIpc) is 2.62. The van der Waals surface area contributed by atoms with Crippen LogP contribution in [0.15, 0.2) is 18.2 Å². The minimum absolute atomic E-state index is 0.0863. The van der Waals surface area contributed by atoms with Crippen molar-refractivity contribution in [2.24, 2.45) is 16.7 Å². The van der Waals surface area contributed by atoms with Crippen LogP contribution in [0.2, 0.25) is 10.0 Å². The number of carbonyl (C=O) groups excluding carboxylic acids is 1. The lowest BCUT2D eigenvalue weighted by molar-refractivity contribution is -0.120. The summed E-state index contributed by atoms with van der Waals surface area (Å²) < 4.78 is 0. The molecular weight excluding hydrogens is 267 g/mol.